The number of hydrogen-bond donors (Lipinski definition) is 1. The number of sulfonamides is 1. The van der Waals surface area contributed by atoms with E-state index >= 15 is 0 Å². The van der Waals surface area contributed by atoms with Crippen LogP contribution in [0.2, 0.25) is 5.02 Å². The Bertz CT molecular complexity index is 1630. The summed E-state index contributed by atoms with van der Waals surface area (Å²) in [6.45, 7) is 1.20. The van der Waals surface area contributed by atoms with Crippen molar-refractivity contribution in [1.29, 1.82) is 0 Å². The Morgan fingerprint density at radius 3 is 2.12 bits per heavy atom. The molecule has 0 radical (unpaired) electrons. The van der Waals surface area contributed by atoms with Gasteiger partial charge in [-0.25, -0.2) is 12.8 Å². The zero-order chi connectivity index (χ0) is 30.3. The first-order chi connectivity index (χ1) is 20.1. The van der Waals surface area contributed by atoms with E-state index in [1.807, 2.05) is 37.3 Å². The third kappa shape index (κ3) is 7.35. The molecule has 1 atom stereocenters. The molecule has 4 rings (SSSR count). The van der Waals surface area contributed by atoms with Crippen molar-refractivity contribution >= 4 is 39.1 Å². The van der Waals surface area contributed by atoms with Crippen LogP contribution in [0, 0.1) is 12.7 Å². The van der Waals surface area contributed by atoms with Crippen LogP contribution < -0.4 is 9.62 Å². The highest BCUT2D eigenvalue weighted by Crippen LogP contribution is 2.26. The summed E-state index contributed by atoms with van der Waals surface area (Å²) in [5, 5.41) is 3.04. The van der Waals surface area contributed by atoms with E-state index in [1.165, 1.54) is 11.9 Å². The van der Waals surface area contributed by atoms with Crippen molar-refractivity contribution in [3.63, 3.8) is 0 Å². The Kier molecular flexibility index (Phi) is 9.98. The van der Waals surface area contributed by atoms with Crippen LogP contribution in [0.25, 0.3) is 0 Å². The van der Waals surface area contributed by atoms with Crippen molar-refractivity contribution in [2.45, 2.75) is 30.8 Å². The molecule has 0 spiro atoms. The van der Waals surface area contributed by atoms with Crippen molar-refractivity contribution in [2.24, 2.45) is 0 Å². The molecule has 0 saturated heterocycles. The second-order valence-electron chi connectivity index (χ2n) is 9.73. The van der Waals surface area contributed by atoms with Crippen molar-refractivity contribution in [1.82, 2.24) is 10.2 Å². The van der Waals surface area contributed by atoms with Gasteiger partial charge in [-0.05, 0) is 60.5 Å². The zero-order valence-corrected chi connectivity index (χ0v) is 24.8. The lowest BCUT2D eigenvalue weighted by Gasteiger charge is -2.33. The maximum Gasteiger partial charge on any atom is 0.264 e. The highest BCUT2D eigenvalue weighted by atomic mass is 35.5. The predicted molar refractivity (Wildman–Crippen MR) is 162 cm³/mol. The first-order valence-corrected chi connectivity index (χ1v) is 15.1. The normalized spacial score (nSPS) is 11.9. The van der Waals surface area contributed by atoms with E-state index in [9.17, 15) is 22.4 Å². The monoisotopic (exact) mass is 607 g/mol. The fourth-order valence-corrected chi connectivity index (χ4v) is 6.11. The van der Waals surface area contributed by atoms with Gasteiger partial charge in [-0.1, -0.05) is 77.8 Å². The Hall–Kier alpha value is -4.21. The SMILES string of the molecule is CNC(=O)[C@@H](Cc1ccccc1)N(Cc1ccccc1Cl)C(=O)CN(c1ccc(C)cc1)S(=O)(=O)c1ccc(F)cc1. The quantitative estimate of drug-likeness (QED) is 0.248. The zero-order valence-electron chi connectivity index (χ0n) is 23.2. The number of anilines is 1. The van der Waals surface area contributed by atoms with Crippen molar-refractivity contribution in [2.75, 3.05) is 17.9 Å². The number of halogens is 2. The summed E-state index contributed by atoms with van der Waals surface area (Å²) in [6.07, 6.45) is 0.186. The molecule has 0 heterocycles. The summed E-state index contributed by atoms with van der Waals surface area (Å²) < 4.78 is 42.4. The van der Waals surface area contributed by atoms with E-state index in [2.05, 4.69) is 5.32 Å². The van der Waals surface area contributed by atoms with Gasteiger partial charge in [-0.2, -0.15) is 0 Å². The summed E-state index contributed by atoms with van der Waals surface area (Å²) in [7, 11) is -2.83. The minimum atomic E-state index is -4.31. The van der Waals surface area contributed by atoms with Crippen LogP contribution in [-0.2, 0) is 32.6 Å². The molecule has 10 heteroatoms. The van der Waals surface area contributed by atoms with Gasteiger partial charge in [0.05, 0.1) is 10.6 Å². The first kappa shape index (κ1) is 30.7. The number of rotatable bonds is 11. The summed E-state index contributed by atoms with van der Waals surface area (Å²) >= 11 is 6.46. The van der Waals surface area contributed by atoms with Crippen molar-refractivity contribution in [3.8, 4) is 0 Å². The number of amides is 2. The molecule has 0 aliphatic carbocycles. The highest BCUT2D eigenvalue weighted by molar-refractivity contribution is 7.92. The molecule has 0 bridgehead atoms. The number of aryl methyl sites for hydroxylation is 1. The molecule has 0 aromatic heterocycles. The molecule has 0 aliphatic heterocycles. The van der Waals surface area contributed by atoms with Crippen molar-refractivity contribution < 1.29 is 22.4 Å². The van der Waals surface area contributed by atoms with Crippen LogP contribution in [0.4, 0.5) is 10.1 Å². The Morgan fingerprint density at radius 1 is 0.881 bits per heavy atom. The molecule has 0 saturated carbocycles. The third-order valence-electron chi connectivity index (χ3n) is 6.82. The summed E-state index contributed by atoms with van der Waals surface area (Å²) in [5.74, 6) is -1.62. The number of nitrogens with zero attached hydrogens (tertiary/aromatic N) is 2. The number of carbonyl (C=O) groups excluding carboxylic acids is 2. The van der Waals surface area contributed by atoms with E-state index in [-0.39, 0.29) is 23.5 Å². The molecular formula is C32H31ClFN3O4S. The molecule has 4 aromatic rings. The van der Waals surface area contributed by atoms with Crippen LogP contribution in [0.5, 0.6) is 0 Å². The van der Waals surface area contributed by atoms with Gasteiger partial charge in [0.25, 0.3) is 10.0 Å². The van der Waals surface area contributed by atoms with Gasteiger partial charge in [0.2, 0.25) is 11.8 Å². The molecular weight excluding hydrogens is 577 g/mol. The smallest absolute Gasteiger partial charge is 0.264 e. The average Bonchev–Trinajstić information content (AvgIpc) is 2.99. The van der Waals surface area contributed by atoms with Gasteiger partial charge in [-0.15, -0.1) is 0 Å². The first-order valence-electron chi connectivity index (χ1n) is 13.2. The van der Waals surface area contributed by atoms with E-state index in [0.717, 1.165) is 39.7 Å². The fourth-order valence-electron chi connectivity index (χ4n) is 4.50. The van der Waals surface area contributed by atoms with Gasteiger partial charge < -0.3 is 10.2 Å². The lowest BCUT2D eigenvalue weighted by molar-refractivity contribution is -0.139. The molecule has 1 N–H and O–H groups in total. The van der Waals surface area contributed by atoms with Gasteiger partial charge in [-0.3, -0.25) is 13.9 Å². The Morgan fingerprint density at radius 2 is 1.50 bits per heavy atom. The Balaban J connectivity index is 1.79. The van der Waals surface area contributed by atoms with E-state index in [0.29, 0.717) is 10.6 Å². The second-order valence-corrected chi connectivity index (χ2v) is 12.0. The molecule has 218 valence electrons. The lowest BCUT2D eigenvalue weighted by Crippen LogP contribution is -2.53. The molecule has 2 amide bonds. The maximum atomic E-state index is 14.2. The average molecular weight is 608 g/mol. The minimum Gasteiger partial charge on any atom is -0.357 e. The van der Waals surface area contributed by atoms with Crippen LogP contribution in [0.15, 0.2) is 108 Å². The molecule has 0 fully saturated rings. The van der Waals surface area contributed by atoms with Gasteiger partial charge in [0, 0.05) is 25.0 Å². The fraction of sp³-hybridized carbons (Fsp3) is 0.188. The van der Waals surface area contributed by atoms with E-state index in [4.69, 9.17) is 11.6 Å². The molecule has 4 aromatic carbocycles. The van der Waals surface area contributed by atoms with Crippen LogP contribution in [0.3, 0.4) is 0 Å². The maximum absolute atomic E-state index is 14.2. The lowest BCUT2D eigenvalue weighted by atomic mass is 10.0. The number of hydrogen-bond acceptors (Lipinski definition) is 4. The van der Waals surface area contributed by atoms with Crippen LogP contribution in [0.1, 0.15) is 16.7 Å². The van der Waals surface area contributed by atoms with E-state index in [1.54, 1.807) is 48.5 Å². The standard InChI is InChI=1S/C32H31ClFN3O4S/c1-23-12-16-27(17-13-23)37(42(40,41)28-18-14-26(34)15-19-28)22-31(38)36(21-25-10-6-7-11-29(25)33)30(32(39)35-2)20-24-8-4-3-5-9-24/h3-19,30H,20-22H2,1-2H3,(H,35,39)/t30-/m1/s1. The molecule has 0 aliphatic rings. The molecule has 42 heavy (non-hydrogen) atoms. The topological polar surface area (TPSA) is 86.8 Å². The van der Waals surface area contributed by atoms with Crippen LogP contribution >= 0.6 is 11.6 Å². The number of nitrogens with one attached hydrogen (secondary N) is 1. The largest absolute Gasteiger partial charge is 0.357 e. The third-order valence-corrected chi connectivity index (χ3v) is 8.98. The molecule has 7 nitrogen and oxygen atoms in total. The molecule has 0 unspecified atom stereocenters. The predicted octanol–water partition coefficient (Wildman–Crippen LogP) is 5.37. The minimum absolute atomic E-state index is 0.0399. The summed E-state index contributed by atoms with van der Waals surface area (Å²) in [6, 6.07) is 26.3. The number of likely N-dealkylation sites (N-methyl/N-ethyl adjacent to an activating group) is 1. The van der Waals surface area contributed by atoms with Crippen LogP contribution in [-0.4, -0.2) is 44.8 Å². The number of carbonyl (C=O) groups is 2. The van der Waals surface area contributed by atoms with Gasteiger partial charge in [0.15, 0.2) is 0 Å². The van der Waals surface area contributed by atoms with Gasteiger partial charge in [0.1, 0.15) is 18.4 Å². The second kappa shape index (κ2) is 13.6. The summed E-state index contributed by atoms with van der Waals surface area (Å²) in [4.78, 5) is 28.7. The van der Waals surface area contributed by atoms with Gasteiger partial charge >= 0.3 is 0 Å². The Labute approximate surface area is 250 Å². The number of benzene rings is 4. The van der Waals surface area contributed by atoms with Crippen molar-refractivity contribution in [3.05, 3.63) is 131 Å². The van der Waals surface area contributed by atoms with E-state index < -0.39 is 40.2 Å². The summed E-state index contributed by atoms with van der Waals surface area (Å²) in [5.41, 5.74) is 2.55. The highest BCUT2D eigenvalue weighted by Gasteiger charge is 2.34.